The summed E-state index contributed by atoms with van der Waals surface area (Å²) in [6, 6.07) is 29.2. The predicted molar refractivity (Wildman–Crippen MR) is 103 cm³/mol. The van der Waals surface area contributed by atoms with E-state index in [4.69, 9.17) is 0 Å². The molecule has 3 heteroatoms. The van der Waals surface area contributed by atoms with E-state index >= 15 is 0 Å². The minimum Gasteiger partial charge on any atom is -0.271 e. The van der Waals surface area contributed by atoms with E-state index in [1.54, 1.807) is 0 Å². The number of hydrogen-bond donors (Lipinski definition) is 0. The Morgan fingerprint density at radius 1 is 0.692 bits per heavy atom. The largest absolute Gasteiger partial charge is 0.271 e. The highest BCUT2D eigenvalue weighted by molar-refractivity contribution is 6.08. The van der Waals surface area contributed by atoms with Crippen LogP contribution in [0.1, 0.15) is 30.5 Å². The fourth-order valence-electron chi connectivity index (χ4n) is 4.59. The molecule has 1 amide bonds. The molecule has 3 aromatic carbocycles. The zero-order chi connectivity index (χ0) is 17.9. The van der Waals surface area contributed by atoms with Gasteiger partial charge in [-0.2, -0.15) is 5.01 Å². The van der Waals surface area contributed by atoms with Crippen molar-refractivity contribution in [1.29, 1.82) is 0 Å². The maximum absolute atomic E-state index is 13.0. The van der Waals surface area contributed by atoms with Crippen LogP contribution < -0.4 is 5.01 Å². The Bertz CT molecular complexity index is 955. The molecule has 2 aliphatic rings. The summed E-state index contributed by atoms with van der Waals surface area (Å²) in [4.78, 5) is 13.0. The van der Waals surface area contributed by atoms with Gasteiger partial charge in [-0.1, -0.05) is 78.9 Å². The fraction of sp³-hybridized carbons (Fsp3) is 0.174. The number of anilines is 1. The van der Waals surface area contributed by atoms with Gasteiger partial charge in [-0.3, -0.25) is 4.79 Å². The van der Waals surface area contributed by atoms with Gasteiger partial charge in [0, 0.05) is 5.56 Å². The summed E-state index contributed by atoms with van der Waals surface area (Å²) in [5, 5.41) is 4.10. The van der Waals surface area contributed by atoms with E-state index in [1.807, 2.05) is 43.1 Å². The summed E-state index contributed by atoms with van der Waals surface area (Å²) in [6.45, 7) is 4.02. The summed E-state index contributed by atoms with van der Waals surface area (Å²) >= 11 is 0. The number of nitrogens with zero attached hydrogens (tertiary/aromatic N) is 2. The molecule has 26 heavy (non-hydrogen) atoms. The van der Waals surface area contributed by atoms with Crippen molar-refractivity contribution in [1.82, 2.24) is 5.01 Å². The number of hydrazine groups is 1. The lowest BCUT2D eigenvalue weighted by atomic mass is 9.75. The zero-order valence-electron chi connectivity index (χ0n) is 14.9. The minimum atomic E-state index is -0.579. The molecule has 0 saturated carbocycles. The van der Waals surface area contributed by atoms with Gasteiger partial charge in [0.1, 0.15) is 11.1 Å². The average Bonchev–Trinajstić information content (AvgIpc) is 3.00. The third kappa shape index (κ3) is 1.64. The molecule has 0 N–H and O–H groups in total. The first-order chi connectivity index (χ1) is 12.6. The topological polar surface area (TPSA) is 23.6 Å². The van der Waals surface area contributed by atoms with Crippen LogP contribution in [0.4, 0.5) is 5.69 Å². The molecule has 2 heterocycles. The molecule has 0 aromatic heterocycles. The van der Waals surface area contributed by atoms with Crippen molar-refractivity contribution >= 4 is 11.6 Å². The highest BCUT2D eigenvalue weighted by Gasteiger charge is 2.68. The van der Waals surface area contributed by atoms with Gasteiger partial charge in [0.05, 0.1) is 5.69 Å². The monoisotopic (exact) mass is 340 g/mol. The van der Waals surface area contributed by atoms with E-state index in [-0.39, 0.29) is 5.91 Å². The zero-order valence-corrected chi connectivity index (χ0v) is 14.9. The van der Waals surface area contributed by atoms with Crippen molar-refractivity contribution in [2.75, 3.05) is 5.01 Å². The number of hydrogen-bond acceptors (Lipinski definition) is 2. The van der Waals surface area contributed by atoms with Crippen LogP contribution in [0.3, 0.4) is 0 Å². The van der Waals surface area contributed by atoms with E-state index in [1.165, 1.54) is 11.1 Å². The van der Waals surface area contributed by atoms with E-state index in [0.717, 1.165) is 11.3 Å². The lowest BCUT2D eigenvalue weighted by Gasteiger charge is -2.58. The molecular weight excluding hydrogens is 320 g/mol. The Morgan fingerprint density at radius 3 is 1.77 bits per heavy atom. The van der Waals surface area contributed by atoms with E-state index in [0.29, 0.717) is 0 Å². The second-order valence-corrected chi connectivity index (χ2v) is 7.45. The van der Waals surface area contributed by atoms with Crippen LogP contribution in [0, 0.1) is 0 Å². The van der Waals surface area contributed by atoms with Crippen LogP contribution in [-0.4, -0.2) is 16.5 Å². The number of fused-ring (bicyclic) bond motifs is 3. The van der Waals surface area contributed by atoms with Gasteiger partial charge in [0.15, 0.2) is 0 Å². The number of para-hydroxylation sites is 1. The number of amides is 1. The minimum absolute atomic E-state index is 0.138. The third-order valence-corrected chi connectivity index (χ3v) is 5.67. The number of benzene rings is 3. The summed E-state index contributed by atoms with van der Waals surface area (Å²) < 4.78 is 0. The summed E-state index contributed by atoms with van der Waals surface area (Å²) in [5.74, 6) is 0.138. The smallest absolute Gasteiger partial charge is 0.263 e. The molecule has 0 bridgehead atoms. The van der Waals surface area contributed by atoms with E-state index in [2.05, 4.69) is 65.7 Å². The van der Waals surface area contributed by atoms with Gasteiger partial charge in [-0.25, -0.2) is 5.01 Å². The van der Waals surface area contributed by atoms with Crippen molar-refractivity contribution in [2.24, 2.45) is 0 Å². The molecule has 0 aliphatic carbocycles. The molecule has 0 spiro atoms. The third-order valence-electron chi connectivity index (χ3n) is 5.67. The molecule has 3 aromatic rings. The van der Waals surface area contributed by atoms with Crippen LogP contribution in [0.5, 0.6) is 0 Å². The van der Waals surface area contributed by atoms with E-state index in [9.17, 15) is 4.79 Å². The predicted octanol–water partition coefficient (Wildman–Crippen LogP) is 4.33. The number of carbonyl (C=O) groups is 1. The molecule has 2 aliphatic heterocycles. The Balaban J connectivity index is 1.91. The molecule has 0 radical (unpaired) electrons. The van der Waals surface area contributed by atoms with Gasteiger partial charge in [-0.15, -0.1) is 0 Å². The van der Waals surface area contributed by atoms with Crippen LogP contribution in [-0.2, 0) is 10.3 Å². The maximum Gasteiger partial charge on any atom is 0.263 e. The molecule has 5 rings (SSSR count). The Morgan fingerprint density at radius 2 is 1.19 bits per heavy atom. The summed E-state index contributed by atoms with van der Waals surface area (Å²) in [5.41, 5.74) is 3.37. The Hall–Kier alpha value is -2.91. The first-order valence-electron chi connectivity index (χ1n) is 8.95. The standard InChI is InChI=1S/C23H20N2O/c1-22(2)21(26)24-20-16-10-9-15-19(20)23(25(22)24,17-11-5-3-6-12-17)18-13-7-4-8-14-18/h3-16H,1-2H3. The van der Waals surface area contributed by atoms with Crippen LogP contribution in [0.15, 0.2) is 84.9 Å². The van der Waals surface area contributed by atoms with Gasteiger partial charge in [0.2, 0.25) is 0 Å². The molecular formula is C23H20N2O. The van der Waals surface area contributed by atoms with Gasteiger partial charge in [0.25, 0.3) is 5.91 Å². The SMILES string of the molecule is CC1(C)C(=O)N2c3ccccc3C(c3ccccc3)(c3ccccc3)N21. The summed E-state index contributed by atoms with van der Waals surface area (Å²) in [6.07, 6.45) is 0. The molecule has 0 unspecified atom stereocenters. The van der Waals surface area contributed by atoms with E-state index < -0.39 is 11.1 Å². The van der Waals surface area contributed by atoms with Crippen LogP contribution >= 0.6 is 0 Å². The molecule has 1 saturated heterocycles. The lowest BCUT2D eigenvalue weighted by molar-refractivity contribution is -0.154. The fourth-order valence-corrected chi connectivity index (χ4v) is 4.59. The molecule has 1 fully saturated rings. The highest BCUT2D eigenvalue weighted by atomic mass is 16.2. The molecule has 128 valence electrons. The van der Waals surface area contributed by atoms with Gasteiger partial charge >= 0.3 is 0 Å². The lowest BCUT2D eigenvalue weighted by Crippen LogP contribution is -2.77. The van der Waals surface area contributed by atoms with Gasteiger partial charge in [-0.05, 0) is 31.0 Å². The van der Waals surface area contributed by atoms with Gasteiger partial charge < -0.3 is 0 Å². The van der Waals surface area contributed by atoms with Crippen molar-refractivity contribution < 1.29 is 4.79 Å². The first-order valence-corrected chi connectivity index (χ1v) is 8.95. The Kier molecular flexibility index (Phi) is 2.98. The second-order valence-electron chi connectivity index (χ2n) is 7.45. The van der Waals surface area contributed by atoms with Crippen LogP contribution in [0.2, 0.25) is 0 Å². The number of carbonyl (C=O) groups excluding carboxylic acids is 1. The molecule has 3 nitrogen and oxygen atoms in total. The van der Waals surface area contributed by atoms with Crippen molar-refractivity contribution in [3.63, 3.8) is 0 Å². The van der Waals surface area contributed by atoms with Crippen LogP contribution in [0.25, 0.3) is 0 Å². The molecule has 0 atom stereocenters. The Labute approximate surface area is 153 Å². The number of rotatable bonds is 2. The highest BCUT2D eigenvalue weighted by Crippen LogP contribution is 2.59. The normalized spacial score (nSPS) is 19.6. The van der Waals surface area contributed by atoms with Crippen molar-refractivity contribution in [2.45, 2.75) is 24.9 Å². The summed E-state index contributed by atoms with van der Waals surface area (Å²) in [7, 11) is 0. The maximum atomic E-state index is 13.0. The van der Waals surface area contributed by atoms with Crippen molar-refractivity contribution in [3.8, 4) is 0 Å². The second kappa shape index (κ2) is 5.05. The first kappa shape index (κ1) is 15.4. The quantitative estimate of drug-likeness (QED) is 0.693. The average molecular weight is 340 g/mol. The van der Waals surface area contributed by atoms with Crippen molar-refractivity contribution in [3.05, 3.63) is 102 Å².